The Morgan fingerprint density at radius 3 is 2.40 bits per heavy atom. The van der Waals surface area contributed by atoms with E-state index in [9.17, 15) is 31.2 Å². The van der Waals surface area contributed by atoms with Crippen LogP contribution >= 0.6 is 0 Å². The van der Waals surface area contributed by atoms with E-state index in [0.29, 0.717) is 36.1 Å². The fourth-order valence-corrected chi connectivity index (χ4v) is 8.10. The molecule has 5 heterocycles. The molecule has 1 aliphatic heterocycles. The molecule has 7 rings (SSSR count). The Morgan fingerprint density at radius 2 is 1.77 bits per heavy atom. The Bertz CT molecular complexity index is 2350. The fraction of sp³-hybridized carbons (Fsp3) is 0.242. The number of halogens is 3. The summed E-state index contributed by atoms with van der Waals surface area (Å²) in [6.07, 6.45) is 3.30. The lowest BCUT2D eigenvalue weighted by Crippen LogP contribution is -2.42. The molecular weight excluding hydrogens is 635 g/mol. The maximum Gasteiger partial charge on any atom is 0.504 e. The fourth-order valence-electron chi connectivity index (χ4n) is 6.09. The Morgan fingerprint density at radius 1 is 1.02 bits per heavy atom. The van der Waals surface area contributed by atoms with Crippen LogP contribution in [0, 0.1) is 0 Å². The molecule has 10 nitrogen and oxygen atoms in total. The molecule has 2 aliphatic rings. The van der Waals surface area contributed by atoms with Crippen molar-refractivity contribution in [2.75, 3.05) is 13.2 Å². The number of allylic oxidation sites excluding steroid dienone is 3. The Labute approximate surface area is 266 Å². The number of hydrogen-bond acceptors (Lipinski definition) is 6. The number of nitrogens with zero attached hydrogens (tertiary/aromatic N) is 4. The van der Waals surface area contributed by atoms with Crippen molar-refractivity contribution in [2.24, 2.45) is 0 Å². The first-order chi connectivity index (χ1) is 22.3. The van der Waals surface area contributed by atoms with Crippen LogP contribution in [0.5, 0.6) is 0 Å². The van der Waals surface area contributed by atoms with Gasteiger partial charge in [0.1, 0.15) is 10.3 Å². The van der Waals surface area contributed by atoms with Gasteiger partial charge in [-0.1, -0.05) is 42.5 Å². The molecule has 14 heteroatoms. The van der Waals surface area contributed by atoms with Gasteiger partial charge in [-0.25, -0.2) is 12.4 Å². The maximum absolute atomic E-state index is 14.7. The minimum Gasteiger partial charge on any atom is -0.377 e. The molecule has 4 aromatic heterocycles. The summed E-state index contributed by atoms with van der Waals surface area (Å²) in [7, 11) is -4.53. The molecule has 0 spiro atoms. The molecule has 5 aromatic rings. The number of nitrogens with one attached hydrogen (secondary N) is 1. The van der Waals surface area contributed by atoms with Crippen LogP contribution < -0.4 is 11.1 Å². The second-order valence-electron chi connectivity index (χ2n) is 11.9. The van der Waals surface area contributed by atoms with E-state index in [2.05, 4.69) is 10.1 Å². The van der Waals surface area contributed by atoms with Crippen molar-refractivity contribution >= 4 is 26.5 Å². The predicted octanol–water partition coefficient (Wildman–Crippen LogP) is 5.44. The van der Waals surface area contributed by atoms with Crippen molar-refractivity contribution in [2.45, 2.75) is 37.4 Å². The normalized spacial score (nSPS) is 19.0. The van der Waals surface area contributed by atoms with E-state index in [1.807, 2.05) is 30.3 Å². The van der Waals surface area contributed by atoms with Crippen LogP contribution in [0.1, 0.15) is 31.9 Å². The van der Waals surface area contributed by atoms with E-state index >= 15 is 0 Å². The van der Waals surface area contributed by atoms with Crippen LogP contribution in [0.2, 0.25) is 0 Å². The minimum absolute atomic E-state index is 0.0492. The maximum atomic E-state index is 14.7. The van der Waals surface area contributed by atoms with Gasteiger partial charge in [-0.05, 0) is 54.7 Å². The van der Waals surface area contributed by atoms with Gasteiger partial charge in [0.05, 0.1) is 31.1 Å². The number of fused-ring (bicyclic) bond motifs is 1. The van der Waals surface area contributed by atoms with Crippen molar-refractivity contribution in [1.29, 1.82) is 0 Å². The van der Waals surface area contributed by atoms with Gasteiger partial charge in [0.15, 0.2) is 0 Å². The van der Waals surface area contributed by atoms with Crippen molar-refractivity contribution < 1.29 is 26.3 Å². The monoisotopic (exact) mass is 663 g/mol. The van der Waals surface area contributed by atoms with E-state index in [4.69, 9.17) is 4.74 Å². The zero-order chi connectivity index (χ0) is 33.3. The van der Waals surface area contributed by atoms with Crippen LogP contribution in [0.25, 0.3) is 38.9 Å². The summed E-state index contributed by atoms with van der Waals surface area (Å²) in [5.41, 5.74) is 1.90. The largest absolute Gasteiger partial charge is 0.504 e. The van der Waals surface area contributed by atoms with Gasteiger partial charge in [0.2, 0.25) is 10.0 Å². The van der Waals surface area contributed by atoms with E-state index < -0.39 is 26.6 Å². The van der Waals surface area contributed by atoms with Gasteiger partial charge in [0, 0.05) is 41.2 Å². The number of aromatic nitrogens is 5. The summed E-state index contributed by atoms with van der Waals surface area (Å²) in [5, 5.41) is 3.61. The van der Waals surface area contributed by atoms with Gasteiger partial charge in [-0.15, -0.1) is 13.2 Å². The average Bonchev–Trinajstić information content (AvgIpc) is 3.66. The quantitative estimate of drug-likeness (QED) is 0.258. The molecule has 1 aliphatic carbocycles. The zero-order valence-corrected chi connectivity index (χ0v) is 26.0. The molecule has 0 amide bonds. The number of benzene rings is 1. The summed E-state index contributed by atoms with van der Waals surface area (Å²) >= 11 is 0. The lowest BCUT2D eigenvalue weighted by Gasteiger charge is -2.34. The van der Waals surface area contributed by atoms with Gasteiger partial charge < -0.3 is 14.3 Å². The predicted molar refractivity (Wildman–Crippen MR) is 170 cm³/mol. The smallest absolute Gasteiger partial charge is 0.377 e. The Kier molecular flexibility index (Phi) is 7.06. The van der Waals surface area contributed by atoms with Crippen LogP contribution in [0.3, 0.4) is 0 Å². The number of alkyl halides is 3. The van der Waals surface area contributed by atoms with Gasteiger partial charge in [0.25, 0.3) is 11.1 Å². The molecule has 1 saturated heterocycles. The highest BCUT2D eigenvalue weighted by Crippen LogP contribution is 2.43. The van der Waals surface area contributed by atoms with Gasteiger partial charge >= 0.3 is 6.30 Å². The number of H-pyrrole nitrogens is 1. The van der Waals surface area contributed by atoms with Crippen LogP contribution in [-0.4, -0.2) is 49.7 Å². The first-order valence-corrected chi connectivity index (χ1v) is 16.1. The molecule has 1 fully saturated rings. The molecule has 47 heavy (non-hydrogen) atoms. The number of hydrogen-bond donors (Lipinski definition) is 1. The van der Waals surface area contributed by atoms with Crippen molar-refractivity contribution in [3.8, 4) is 22.4 Å². The van der Waals surface area contributed by atoms with Crippen molar-refractivity contribution in [3.05, 3.63) is 117 Å². The highest BCUT2D eigenvalue weighted by molar-refractivity contribution is 7.91. The number of pyridine rings is 2. The molecule has 0 saturated carbocycles. The van der Waals surface area contributed by atoms with Crippen molar-refractivity contribution in [3.63, 3.8) is 0 Å². The molecule has 0 radical (unpaired) electrons. The lowest BCUT2D eigenvalue weighted by molar-refractivity contribution is -0.212. The molecule has 1 N–H and O–H groups in total. The number of ether oxygens (including phenoxy) is 1. The highest BCUT2D eigenvalue weighted by Gasteiger charge is 2.45. The van der Waals surface area contributed by atoms with Crippen molar-refractivity contribution in [1.82, 2.24) is 23.3 Å². The summed E-state index contributed by atoms with van der Waals surface area (Å²) < 4.78 is 75.6. The summed E-state index contributed by atoms with van der Waals surface area (Å²) in [5.74, 6) is 0. The topological polar surface area (TPSA) is 121 Å². The molecule has 0 bridgehead atoms. The second kappa shape index (κ2) is 10.8. The molecule has 1 aromatic carbocycles. The molecule has 1 atom stereocenters. The Hall–Kier alpha value is -4.95. The third kappa shape index (κ3) is 4.90. The Balaban J connectivity index is 1.36. The number of aromatic amines is 1. The first-order valence-electron chi connectivity index (χ1n) is 14.7. The van der Waals surface area contributed by atoms with Gasteiger partial charge in [-0.3, -0.25) is 9.59 Å². The molecule has 1 unspecified atom stereocenters. The molecule has 242 valence electrons. The first kappa shape index (κ1) is 30.7. The van der Waals surface area contributed by atoms with Crippen LogP contribution in [0.15, 0.2) is 101 Å². The third-order valence-corrected chi connectivity index (χ3v) is 11.5. The third-order valence-electron chi connectivity index (χ3n) is 9.04. The van der Waals surface area contributed by atoms with E-state index in [0.717, 1.165) is 21.3 Å². The van der Waals surface area contributed by atoms with Crippen LogP contribution in [-0.2, 0) is 21.1 Å². The minimum atomic E-state index is -4.83. The number of rotatable bonds is 6. The summed E-state index contributed by atoms with van der Waals surface area (Å²) in [6.45, 7) is 4.03. The SMILES string of the molecule is CC1=CC(c2cc(=O)n(C3COC3)cc2-c2ccccc2)=CCC1(C)S(=O)(=O)n1c(-c2cnn(C(F)(F)F)c2)cc2cc[nH]c(=O)c21. The van der Waals surface area contributed by atoms with E-state index in [1.54, 1.807) is 35.9 Å². The standard InChI is InChI=1S/C33H28F3N5O5S/c1-20-12-22(26-14-29(42)39(25-18-46-19-25)17-27(26)21-6-4-3-5-7-21)8-10-32(20,2)47(44,45)41-28(13-23-9-11-37-31(43)30(23)41)24-15-38-40(16-24)33(34,35)36/h3-9,11-17,25H,10,18-19H2,1-2H3,(H,37,43). The highest BCUT2D eigenvalue weighted by atomic mass is 32.2. The summed E-state index contributed by atoms with van der Waals surface area (Å²) in [6, 6.07) is 13.8. The average molecular weight is 664 g/mol. The molecular formula is C33H28F3N5O5S. The van der Waals surface area contributed by atoms with E-state index in [-0.39, 0.29) is 44.9 Å². The summed E-state index contributed by atoms with van der Waals surface area (Å²) in [4.78, 5) is 28.8. The lowest BCUT2D eigenvalue weighted by atomic mass is 9.85. The van der Waals surface area contributed by atoms with Gasteiger partial charge in [-0.2, -0.15) is 9.78 Å². The zero-order valence-electron chi connectivity index (χ0n) is 25.2. The second-order valence-corrected chi connectivity index (χ2v) is 14.1. The van der Waals surface area contributed by atoms with Crippen LogP contribution in [0.4, 0.5) is 13.2 Å². The van der Waals surface area contributed by atoms with E-state index in [1.165, 1.54) is 25.3 Å².